The maximum atomic E-state index is 10.6. The lowest BCUT2D eigenvalue weighted by atomic mass is 10.1. The van der Waals surface area contributed by atoms with Gasteiger partial charge in [-0.25, -0.2) is 4.79 Å². The molecule has 2 aromatic rings. The van der Waals surface area contributed by atoms with Crippen LogP contribution < -0.4 is 9.47 Å². The molecule has 0 fully saturated rings. The molecule has 0 bridgehead atoms. The third-order valence-electron chi connectivity index (χ3n) is 4.39. The number of rotatable bonds is 11. The number of allylic oxidation sites excluding steroid dienone is 4. The second-order valence-electron chi connectivity index (χ2n) is 7.97. The van der Waals surface area contributed by atoms with E-state index in [0.29, 0.717) is 23.7 Å². The first-order valence-electron chi connectivity index (χ1n) is 14.4. The molecule has 0 heterocycles. The molecule has 242 valence electrons. The fourth-order valence-corrected chi connectivity index (χ4v) is 3.16. The molecule has 2 rings (SSSR count). The molecule has 0 spiro atoms. The molecule has 0 radical (unpaired) electrons. The van der Waals surface area contributed by atoms with Crippen LogP contribution in [0.15, 0.2) is 89.9 Å². The monoisotopic (exact) mass is 617 g/mol. The minimum atomic E-state index is -0.999. The van der Waals surface area contributed by atoms with Gasteiger partial charge in [0.15, 0.2) is 17.6 Å². The number of ether oxygens (including phenoxy) is 2. The second kappa shape index (κ2) is 32.7. The van der Waals surface area contributed by atoms with Gasteiger partial charge < -0.3 is 25.1 Å². The Kier molecular flexibility index (Phi) is 35.2. The molecule has 0 aliphatic heterocycles. The van der Waals surface area contributed by atoms with E-state index in [9.17, 15) is 9.59 Å². The van der Waals surface area contributed by atoms with Crippen molar-refractivity contribution in [3.8, 4) is 11.5 Å². The molecular formula is C35H55NO6S. The summed E-state index contributed by atoms with van der Waals surface area (Å²) in [7, 11) is 0. The Morgan fingerprint density at radius 1 is 0.977 bits per heavy atom. The topological polar surface area (TPSA) is 117 Å². The van der Waals surface area contributed by atoms with Crippen LogP contribution in [-0.2, 0) is 16.0 Å². The zero-order valence-electron chi connectivity index (χ0n) is 27.9. The van der Waals surface area contributed by atoms with Gasteiger partial charge in [0.2, 0.25) is 0 Å². The van der Waals surface area contributed by atoms with Crippen LogP contribution >= 0.6 is 11.8 Å². The quantitative estimate of drug-likeness (QED) is 0.0994. The largest absolute Gasteiger partial charge is 0.490 e. The fourth-order valence-electron chi connectivity index (χ4n) is 2.54. The number of para-hydroxylation sites is 2. The highest BCUT2D eigenvalue weighted by molar-refractivity contribution is 7.98. The minimum Gasteiger partial charge on any atom is -0.490 e. The van der Waals surface area contributed by atoms with Crippen LogP contribution in [-0.4, -0.2) is 47.3 Å². The Hall–Kier alpha value is -3.78. The molecule has 2 aromatic carbocycles. The highest BCUT2D eigenvalue weighted by atomic mass is 32.2. The number of carboxylic acid groups (broad SMARTS) is 2. The van der Waals surface area contributed by atoms with Gasteiger partial charge in [0, 0.05) is 11.1 Å². The summed E-state index contributed by atoms with van der Waals surface area (Å²) >= 11 is 1.57. The van der Waals surface area contributed by atoms with Gasteiger partial charge in [0.1, 0.15) is 0 Å². The van der Waals surface area contributed by atoms with Crippen LogP contribution in [0.1, 0.15) is 74.3 Å². The van der Waals surface area contributed by atoms with Crippen LogP contribution in [0.5, 0.6) is 11.5 Å². The van der Waals surface area contributed by atoms with Crippen molar-refractivity contribution >= 4 is 29.9 Å². The second-order valence-corrected chi connectivity index (χ2v) is 8.82. The van der Waals surface area contributed by atoms with E-state index >= 15 is 0 Å². The molecule has 0 aliphatic rings. The predicted molar refractivity (Wildman–Crippen MR) is 185 cm³/mol. The molecule has 3 N–H and O–H groups in total. The van der Waals surface area contributed by atoms with E-state index < -0.39 is 18.0 Å². The number of hydrogen-bond acceptors (Lipinski definition) is 6. The van der Waals surface area contributed by atoms with Crippen LogP contribution in [0.25, 0.3) is 0 Å². The summed E-state index contributed by atoms with van der Waals surface area (Å²) in [6, 6.07) is 14.6. The van der Waals surface area contributed by atoms with E-state index in [1.54, 1.807) is 30.0 Å². The first-order chi connectivity index (χ1) is 20.5. The Bertz CT molecular complexity index is 1050. The summed E-state index contributed by atoms with van der Waals surface area (Å²) in [5.41, 5.74) is 2.95. The fraction of sp³-hybridized carbons (Fsp3) is 0.400. The van der Waals surface area contributed by atoms with Gasteiger partial charge in [-0.1, -0.05) is 95.8 Å². The SMILES string of the molecule is C=CC(=C)C=N.CC.CC.CCC=C(C)C.CCOc1ccccc1OC(C)C(=O)O.CSc1ccccc1CC(=O)O. The number of aliphatic carboxylic acids is 2. The molecule has 8 heteroatoms. The summed E-state index contributed by atoms with van der Waals surface area (Å²) in [6.45, 7) is 25.0. The van der Waals surface area contributed by atoms with Crippen molar-refractivity contribution in [1.29, 1.82) is 5.41 Å². The van der Waals surface area contributed by atoms with Crippen molar-refractivity contribution < 1.29 is 29.3 Å². The number of benzene rings is 2. The van der Waals surface area contributed by atoms with Crippen molar-refractivity contribution in [3.05, 3.63) is 90.6 Å². The van der Waals surface area contributed by atoms with Crippen LogP contribution in [0.3, 0.4) is 0 Å². The third-order valence-corrected chi connectivity index (χ3v) is 5.23. The van der Waals surface area contributed by atoms with E-state index in [4.69, 9.17) is 25.1 Å². The number of carbonyl (C=O) groups is 2. The molecule has 0 amide bonds. The van der Waals surface area contributed by atoms with E-state index in [0.717, 1.165) is 16.7 Å². The molecule has 43 heavy (non-hydrogen) atoms. The highest BCUT2D eigenvalue weighted by Gasteiger charge is 2.14. The molecule has 1 unspecified atom stereocenters. The van der Waals surface area contributed by atoms with Crippen molar-refractivity contribution in [3.63, 3.8) is 0 Å². The zero-order chi connectivity index (χ0) is 34.2. The maximum Gasteiger partial charge on any atom is 0.344 e. The molecule has 7 nitrogen and oxygen atoms in total. The summed E-state index contributed by atoms with van der Waals surface area (Å²) in [5.74, 6) is -0.764. The third kappa shape index (κ3) is 28.1. The van der Waals surface area contributed by atoms with Gasteiger partial charge in [-0.05, 0) is 69.7 Å². The Labute approximate surface area is 265 Å². The summed E-state index contributed by atoms with van der Waals surface area (Å²) in [4.78, 5) is 22.1. The van der Waals surface area contributed by atoms with E-state index in [1.165, 1.54) is 25.0 Å². The first kappa shape index (κ1) is 46.2. The Morgan fingerprint density at radius 2 is 1.49 bits per heavy atom. The molecule has 0 aromatic heterocycles. The zero-order valence-corrected chi connectivity index (χ0v) is 28.7. The van der Waals surface area contributed by atoms with Crippen molar-refractivity contribution in [2.45, 2.75) is 86.2 Å². The number of nitrogens with one attached hydrogen (secondary N) is 1. The van der Waals surface area contributed by atoms with E-state index in [-0.39, 0.29) is 6.42 Å². The van der Waals surface area contributed by atoms with Crippen LogP contribution in [0.4, 0.5) is 0 Å². The average molecular weight is 618 g/mol. The van der Waals surface area contributed by atoms with Gasteiger partial charge in [-0.2, -0.15) is 0 Å². The standard InChI is InChI=1S/C11H14O4.C9H10O2S.C6H12.C5H7N.2C2H6/c1-3-14-9-6-4-5-7-10(9)15-8(2)11(12)13;1-12-8-5-3-2-4-7(8)6-9(10)11;1-4-5-6(2)3;1-3-5(2)4-6;2*1-2/h4-8H,3H2,1-2H3,(H,12,13);2-5H,6H2,1H3,(H,10,11);5H,4H2,1-3H3;3-4,6H,1-2H2;2*1-2H3. The van der Waals surface area contributed by atoms with Crippen LogP contribution in [0, 0.1) is 5.41 Å². The van der Waals surface area contributed by atoms with Crippen LogP contribution in [0.2, 0.25) is 0 Å². The van der Waals surface area contributed by atoms with Gasteiger partial charge in [-0.15, -0.1) is 11.8 Å². The predicted octanol–water partition coefficient (Wildman–Crippen LogP) is 9.77. The lowest BCUT2D eigenvalue weighted by Crippen LogP contribution is -2.23. The lowest BCUT2D eigenvalue weighted by Gasteiger charge is -2.13. The van der Waals surface area contributed by atoms with E-state index in [1.807, 2.05) is 71.2 Å². The Morgan fingerprint density at radius 3 is 1.84 bits per heavy atom. The summed E-state index contributed by atoms with van der Waals surface area (Å²) in [5, 5.41) is 23.8. The van der Waals surface area contributed by atoms with Crippen molar-refractivity contribution in [1.82, 2.24) is 0 Å². The van der Waals surface area contributed by atoms with Crippen molar-refractivity contribution in [2.24, 2.45) is 0 Å². The van der Waals surface area contributed by atoms with Gasteiger partial charge >= 0.3 is 11.9 Å². The maximum absolute atomic E-state index is 10.6. The molecule has 0 saturated heterocycles. The Balaban J connectivity index is -0.000000242. The van der Waals surface area contributed by atoms with Crippen molar-refractivity contribution in [2.75, 3.05) is 12.9 Å². The average Bonchev–Trinajstić information content (AvgIpc) is 3.00. The van der Waals surface area contributed by atoms with Gasteiger partial charge in [0.05, 0.1) is 13.0 Å². The lowest BCUT2D eigenvalue weighted by molar-refractivity contribution is -0.144. The van der Waals surface area contributed by atoms with E-state index in [2.05, 4.69) is 40.0 Å². The number of thioether (sulfide) groups is 1. The summed E-state index contributed by atoms with van der Waals surface area (Å²) < 4.78 is 10.5. The normalized spacial score (nSPS) is 9.16. The number of carboxylic acids is 2. The smallest absolute Gasteiger partial charge is 0.344 e. The first-order valence-corrected chi connectivity index (χ1v) is 15.6. The molecule has 1 atom stereocenters. The highest BCUT2D eigenvalue weighted by Crippen LogP contribution is 2.27. The molecule has 0 saturated carbocycles. The molecular weight excluding hydrogens is 562 g/mol. The van der Waals surface area contributed by atoms with Gasteiger partial charge in [-0.3, -0.25) is 4.79 Å². The summed E-state index contributed by atoms with van der Waals surface area (Å²) in [6.07, 6.45) is 7.24. The van der Waals surface area contributed by atoms with Gasteiger partial charge in [0.25, 0.3) is 0 Å². The minimum absolute atomic E-state index is 0.108. The molecule has 0 aliphatic carbocycles. The number of hydrogen-bond donors (Lipinski definition) is 3.